The van der Waals surface area contributed by atoms with Crippen LogP contribution in [0.25, 0.3) is 22.3 Å². The maximum absolute atomic E-state index is 15.2. The minimum atomic E-state index is -0.650. The summed E-state index contributed by atoms with van der Waals surface area (Å²) in [5.74, 6) is 0.714. The second-order valence-corrected chi connectivity index (χ2v) is 9.01. The Kier molecular flexibility index (Phi) is 5.65. The summed E-state index contributed by atoms with van der Waals surface area (Å²) < 4.78 is 22.5. The van der Waals surface area contributed by atoms with Crippen LogP contribution in [-0.2, 0) is 11.3 Å². The molecule has 0 amide bonds. The van der Waals surface area contributed by atoms with Gasteiger partial charge in [-0.2, -0.15) is 0 Å². The van der Waals surface area contributed by atoms with Crippen LogP contribution in [0.2, 0.25) is 5.02 Å². The van der Waals surface area contributed by atoms with Gasteiger partial charge in [0.05, 0.1) is 41.2 Å². The molecule has 2 atom stereocenters. The van der Waals surface area contributed by atoms with E-state index < -0.39 is 11.9 Å². The Morgan fingerprint density at radius 1 is 1.28 bits per heavy atom. The molecule has 0 saturated carbocycles. The lowest BCUT2D eigenvalue weighted by atomic mass is 10.1. The van der Waals surface area contributed by atoms with Crippen molar-refractivity contribution in [2.75, 3.05) is 30.0 Å². The maximum Gasteiger partial charge on any atom is 0.223 e. The number of nitrogens with one attached hydrogen (secondary N) is 1. The number of nitrogens with zero attached hydrogens (tertiary/aromatic N) is 5. The van der Waals surface area contributed by atoms with E-state index in [2.05, 4.69) is 43.6 Å². The third-order valence-electron chi connectivity index (χ3n) is 6.11. The zero-order valence-electron chi connectivity index (χ0n) is 18.1. The number of anilines is 2. The van der Waals surface area contributed by atoms with Gasteiger partial charge in [-0.15, -0.1) is 0 Å². The van der Waals surface area contributed by atoms with Crippen molar-refractivity contribution in [1.29, 1.82) is 0 Å². The number of benzene rings is 1. The molecule has 2 N–H and O–H groups in total. The highest BCUT2D eigenvalue weighted by Crippen LogP contribution is 2.34. The molecule has 3 aromatic rings. The van der Waals surface area contributed by atoms with E-state index in [4.69, 9.17) is 16.3 Å². The van der Waals surface area contributed by atoms with Gasteiger partial charge >= 0.3 is 0 Å². The Balaban J connectivity index is 1.55. The lowest BCUT2D eigenvalue weighted by Gasteiger charge is -2.32. The molecule has 2 aromatic heterocycles. The molecular weight excluding hydrogens is 435 g/mol. The first-order chi connectivity index (χ1) is 15.4. The first kappa shape index (κ1) is 21.4. The van der Waals surface area contributed by atoms with Gasteiger partial charge in [0.15, 0.2) is 5.82 Å². The van der Waals surface area contributed by atoms with Gasteiger partial charge in [-0.1, -0.05) is 11.6 Å². The van der Waals surface area contributed by atoms with Crippen molar-refractivity contribution in [2.24, 2.45) is 0 Å². The van der Waals surface area contributed by atoms with Crippen LogP contribution in [0, 0.1) is 5.82 Å². The van der Waals surface area contributed by atoms with E-state index in [1.807, 2.05) is 6.07 Å². The van der Waals surface area contributed by atoms with Crippen LogP contribution in [-0.4, -0.2) is 62.6 Å². The van der Waals surface area contributed by atoms with E-state index >= 15 is 4.39 Å². The minimum absolute atomic E-state index is 0.221. The lowest BCUT2D eigenvalue weighted by molar-refractivity contribution is -0.0136. The molecule has 2 aliphatic heterocycles. The molecule has 2 aliphatic rings. The smallest absolute Gasteiger partial charge is 0.223 e. The molecule has 8 nitrogen and oxygen atoms in total. The van der Waals surface area contributed by atoms with E-state index in [0.29, 0.717) is 40.8 Å². The summed E-state index contributed by atoms with van der Waals surface area (Å²) in [6, 6.07) is 3.36. The van der Waals surface area contributed by atoms with Gasteiger partial charge in [-0.25, -0.2) is 19.3 Å². The summed E-state index contributed by atoms with van der Waals surface area (Å²) in [7, 11) is 0. The molecule has 170 valence electrons. The van der Waals surface area contributed by atoms with E-state index in [0.717, 1.165) is 31.0 Å². The Morgan fingerprint density at radius 3 is 2.91 bits per heavy atom. The van der Waals surface area contributed by atoms with Crippen molar-refractivity contribution in [3.63, 3.8) is 0 Å². The number of hydrogen-bond acceptors (Lipinski definition) is 7. The number of halogens is 2. The summed E-state index contributed by atoms with van der Waals surface area (Å²) in [5.41, 5.74) is 2.07. The largest absolute Gasteiger partial charge is 0.389 e. The first-order valence-corrected chi connectivity index (χ1v) is 11.3. The highest BCUT2D eigenvalue weighted by Gasteiger charge is 2.27. The van der Waals surface area contributed by atoms with Crippen LogP contribution in [0.5, 0.6) is 0 Å². The van der Waals surface area contributed by atoms with Gasteiger partial charge in [0.2, 0.25) is 11.9 Å². The van der Waals surface area contributed by atoms with Crippen LogP contribution in [0.3, 0.4) is 0 Å². The van der Waals surface area contributed by atoms with Crippen LogP contribution in [0.1, 0.15) is 26.7 Å². The minimum Gasteiger partial charge on any atom is -0.389 e. The normalized spacial score (nSPS) is 21.2. The molecule has 0 spiro atoms. The number of imidazole rings is 1. The van der Waals surface area contributed by atoms with Gasteiger partial charge in [0, 0.05) is 31.3 Å². The predicted octanol–water partition coefficient (Wildman–Crippen LogP) is 3.47. The van der Waals surface area contributed by atoms with Crippen LogP contribution < -0.4 is 10.2 Å². The quantitative estimate of drug-likeness (QED) is 0.616. The molecule has 1 saturated heterocycles. The van der Waals surface area contributed by atoms with Crippen LogP contribution in [0.4, 0.5) is 16.3 Å². The molecule has 0 unspecified atom stereocenters. The zero-order chi connectivity index (χ0) is 22.4. The summed E-state index contributed by atoms with van der Waals surface area (Å²) in [6.45, 7) is 6.73. The van der Waals surface area contributed by atoms with Crippen molar-refractivity contribution in [2.45, 2.75) is 51.4 Å². The molecule has 10 heteroatoms. The van der Waals surface area contributed by atoms with Crippen molar-refractivity contribution in [3.8, 4) is 11.3 Å². The van der Waals surface area contributed by atoms with Crippen LogP contribution in [0.15, 0.2) is 18.3 Å². The van der Waals surface area contributed by atoms with E-state index in [9.17, 15) is 5.11 Å². The summed E-state index contributed by atoms with van der Waals surface area (Å²) >= 11 is 6.41. The second kappa shape index (κ2) is 8.46. The van der Waals surface area contributed by atoms with E-state index in [1.165, 1.54) is 12.3 Å². The summed E-state index contributed by atoms with van der Waals surface area (Å²) in [6.07, 6.45) is 2.45. The highest BCUT2D eigenvalue weighted by molar-refractivity contribution is 6.33. The van der Waals surface area contributed by atoms with Gasteiger partial charge in [-0.3, -0.25) is 0 Å². The molecule has 0 bridgehead atoms. The standard InChI is InChI=1S/C22H26ClFN6O2/c1-12(2)29-5-3-6-30-17-9-13(8-15(24)20(17)28-22(29)30)19-14(23)10-25-21(27-19)26-16-4-7-32-11-18(16)31/h8-10,12,16,18,31H,3-7,11H2,1-2H3,(H,25,26,27)/t16-,18-/m1/s1. The Bertz CT molecular complexity index is 1150. The average molecular weight is 461 g/mol. The molecule has 5 rings (SSSR count). The fourth-order valence-electron chi connectivity index (χ4n) is 4.43. The molecule has 1 fully saturated rings. The molecule has 1 aromatic carbocycles. The van der Waals surface area contributed by atoms with Crippen molar-refractivity contribution in [1.82, 2.24) is 19.5 Å². The Morgan fingerprint density at radius 2 is 2.12 bits per heavy atom. The molecular formula is C22H26ClFN6O2. The second-order valence-electron chi connectivity index (χ2n) is 8.60. The average Bonchev–Trinajstić information content (AvgIpc) is 3.16. The predicted molar refractivity (Wildman–Crippen MR) is 122 cm³/mol. The topological polar surface area (TPSA) is 88.3 Å². The van der Waals surface area contributed by atoms with Crippen molar-refractivity contribution in [3.05, 3.63) is 29.2 Å². The Hall–Kier alpha value is -2.49. The SMILES string of the molecule is CC(C)N1CCCn2c1nc1c(F)cc(-c3nc(N[C@@H]4CCOC[C@H]4O)ncc3Cl)cc12. The van der Waals surface area contributed by atoms with E-state index in [-0.39, 0.29) is 18.7 Å². The Labute approximate surface area is 190 Å². The molecule has 0 radical (unpaired) electrons. The van der Waals surface area contributed by atoms with Crippen molar-refractivity contribution < 1.29 is 14.2 Å². The number of aromatic nitrogens is 4. The van der Waals surface area contributed by atoms with Crippen LogP contribution >= 0.6 is 11.6 Å². The number of aliphatic hydroxyl groups excluding tert-OH is 1. The number of aryl methyl sites for hydroxylation is 1. The van der Waals surface area contributed by atoms with E-state index in [1.54, 1.807) is 0 Å². The number of hydrogen-bond donors (Lipinski definition) is 2. The molecule has 0 aliphatic carbocycles. The number of ether oxygens (including phenoxy) is 1. The molecule has 4 heterocycles. The first-order valence-electron chi connectivity index (χ1n) is 10.9. The molecule has 32 heavy (non-hydrogen) atoms. The zero-order valence-corrected chi connectivity index (χ0v) is 18.8. The van der Waals surface area contributed by atoms with Gasteiger partial charge < -0.3 is 24.6 Å². The summed E-state index contributed by atoms with van der Waals surface area (Å²) in [5, 5.41) is 13.6. The lowest BCUT2D eigenvalue weighted by Crippen LogP contribution is -2.42. The fraction of sp³-hybridized carbons (Fsp3) is 0.500. The van der Waals surface area contributed by atoms with Gasteiger partial charge in [0.1, 0.15) is 5.52 Å². The monoisotopic (exact) mass is 460 g/mol. The maximum atomic E-state index is 15.2. The number of fused-ring (bicyclic) bond motifs is 3. The highest BCUT2D eigenvalue weighted by atomic mass is 35.5. The number of aliphatic hydroxyl groups is 1. The fourth-order valence-corrected chi connectivity index (χ4v) is 4.63. The van der Waals surface area contributed by atoms with Crippen molar-refractivity contribution >= 4 is 34.5 Å². The number of rotatable bonds is 4. The third-order valence-corrected chi connectivity index (χ3v) is 6.38. The van der Waals surface area contributed by atoms with Gasteiger partial charge in [0.25, 0.3) is 0 Å². The summed E-state index contributed by atoms with van der Waals surface area (Å²) in [4.78, 5) is 15.6. The van der Waals surface area contributed by atoms with Gasteiger partial charge in [-0.05, 0) is 38.8 Å². The third kappa shape index (κ3) is 3.78.